The van der Waals surface area contributed by atoms with Crippen molar-refractivity contribution in [2.75, 3.05) is 6.54 Å². The number of amides is 1. The molecule has 1 amide bonds. The number of aliphatic carboxylic acids is 1. The monoisotopic (exact) mass is 353 g/mol. The van der Waals surface area contributed by atoms with E-state index in [0.717, 1.165) is 29.3 Å². The number of carboxylic acids is 1. The lowest BCUT2D eigenvalue weighted by atomic mass is 9.79. The van der Waals surface area contributed by atoms with Gasteiger partial charge in [-0.3, -0.25) is 9.59 Å². The van der Waals surface area contributed by atoms with E-state index in [0.29, 0.717) is 18.5 Å². The third kappa shape index (κ3) is 4.30. The first-order valence-electron chi connectivity index (χ1n) is 7.25. The van der Waals surface area contributed by atoms with Gasteiger partial charge in [0.25, 0.3) is 5.91 Å². The number of carbonyl (C=O) groups excluding carboxylic acids is 1. The summed E-state index contributed by atoms with van der Waals surface area (Å²) in [6.45, 7) is 2.37. The van der Waals surface area contributed by atoms with Crippen LogP contribution in [-0.2, 0) is 4.79 Å². The van der Waals surface area contributed by atoms with Crippen LogP contribution in [0.25, 0.3) is 0 Å². The molecule has 0 spiro atoms. The van der Waals surface area contributed by atoms with Crippen LogP contribution in [0.15, 0.2) is 22.7 Å². The lowest BCUT2D eigenvalue weighted by Crippen LogP contribution is -2.37. The van der Waals surface area contributed by atoms with E-state index >= 15 is 0 Å². The van der Waals surface area contributed by atoms with E-state index in [1.165, 1.54) is 0 Å². The number of hydrogen-bond donors (Lipinski definition) is 2. The molecule has 0 heterocycles. The second-order valence-electron chi connectivity index (χ2n) is 5.72. The third-order valence-corrected chi connectivity index (χ3v) is 4.51. The zero-order chi connectivity index (χ0) is 15.4. The summed E-state index contributed by atoms with van der Waals surface area (Å²) in [6, 6.07) is 5.55. The van der Waals surface area contributed by atoms with Gasteiger partial charge >= 0.3 is 5.97 Å². The summed E-state index contributed by atoms with van der Waals surface area (Å²) in [5.41, 5.74) is 1.61. The maximum Gasteiger partial charge on any atom is 0.306 e. The number of carboxylic acid groups (broad SMARTS) is 1. The Morgan fingerprint density at radius 3 is 2.67 bits per heavy atom. The van der Waals surface area contributed by atoms with E-state index in [9.17, 15) is 14.7 Å². The van der Waals surface area contributed by atoms with Gasteiger partial charge in [0.2, 0.25) is 0 Å². The Morgan fingerprint density at radius 2 is 2.00 bits per heavy atom. The van der Waals surface area contributed by atoms with Gasteiger partial charge in [0, 0.05) is 16.6 Å². The number of carbonyl (C=O) groups is 2. The molecule has 21 heavy (non-hydrogen) atoms. The minimum atomic E-state index is -0.743. The number of halogens is 1. The van der Waals surface area contributed by atoms with E-state index in [1.807, 2.05) is 19.1 Å². The molecule has 1 aliphatic carbocycles. The fourth-order valence-electron chi connectivity index (χ4n) is 2.97. The maximum absolute atomic E-state index is 12.2. The molecule has 4 nitrogen and oxygen atoms in total. The molecule has 1 aliphatic rings. The Morgan fingerprint density at radius 1 is 1.29 bits per heavy atom. The SMILES string of the molecule is Cc1cc(Br)cc(C(=O)NCC2CCCCC2C(=O)O)c1. The van der Waals surface area contributed by atoms with Crippen molar-refractivity contribution < 1.29 is 14.7 Å². The van der Waals surface area contributed by atoms with Crippen LogP contribution >= 0.6 is 15.9 Å². The van der Waals surface area contributed by atoms with Crippen LogP contribution in [0.3, 0.4) is 0 Å². The largest absolute Gasteiger partial charge is 0.481 e. The first-order valence-corrected chi connectivity index (χ1v) is 8.05. The molecule has 2 N–H and O–H groups in total. The van der Waals surface area contributed by atoms with Crippen molar-refractivity contribution in [1.82, 2.24) is 5.32 Å². The molecule has 1 aromatic carbocycles. The number of benzene rings is 1. The third-order valence-electron chi connectivity index (χ3n) is 4.06. The molecule has 0 saturated heterocycles. The van der Waals surface area contributed by atoms with Crippen molar-refractivity contribution in [3.05, 3.63) is 33.8 Å². The standard InChI is InChI=1S/C16H20BrNO3/c1-10-6-12(8-13(17)7-10)15(19)18-9-11-4-2-3-5-14(11)16(20)21/h6-8,11,14H,2-5,9H2,1H3,(H,18,19)(H,20,21). The lowest BCUT2D eigenvalue weighted by molar-refractivity contribution is -0.144. The normalized spacial score (nSPS) is 21.8. The van der Waals surface area contributed by atoms with Gasteiger partial charge in [-0.25, -0.2) is 0 Å². The van der Waals surface area contributed by atoms with Crippen molar-refractivity contribution >= 4 is 27.8 Å². The quantitative estimate of drug-likeness (QED) is 0.871. The second-order valence-corrected chi connectivity index (χ2v) is 6.63. The Kier molecular flexibility index (Phi) is 5.39. The second kappa shape index (κ2) is 7.07. The predicted octanol–water partition coefficient (Wildman–Crippen LogP) is 3.38. The van der Waals surface area contributed by atoms with Gasteiger partial charge in [0.15, 0.2) is 0 Å². The van der Waals surface area contributed by atoms with Crippen LogP contribution in [-0.4, -0.2) is 23.5 Å². The van der Waals surface area contributed by atoms with Gasteiger partial charge in [0.1, 0.15) is 0 Å². The number of aryl methyl sites for hydroxylation is 1. The Balaban J connectivity index is 1.98. The molecular formula is C16H20BrNO3. The molecule has 1 fully saturated rings. The number of rotatable bonds is 4. The summed E-state index contributed by atoms with van der Waals surface area (Å²) in [5.74, 6) is -1.18. The van der Waals surface area contributed by atoms with Crippen LogP contribution in [0.2, 0.25) is 0 Å². The van der Waals surface area contributed by atoms with Crippen LogP contribution < -0.4 is 5.32 Å². The summed E-state index contributed by atoms with van der Waals surface area (Å²) in [7, 11) is 0. The van der Waals surface area contributed by atoms with Crippen LogP contribution in [0, 0.1) is 18.8 Å². The molecule has 0 aliphatic heterocycles. The smallest absolute Gasteiger partial charge is 0.306 e. The molecule has 2 unspecified atom stereocenters. The van der Waals surface area contributed by atoms with Crippen molar-refractivity contribution in [2.24, 2.45) is 11.8 Å². The Bertz CT molecular complexity index is 524. The number of nitrogens with one attached hydrogen (secondary N) is 1. The average molecular weight is 354 g/mol. The van der Waals surface area contributed by atoms with E-state index in [4.69, 9.17) is 0 Å². The highest BCUT2D eigenvalue weighted by Gasteiger charge is 2.30. The first-order chi connectivity index (χ1) is 9.97. The highest BCUT2D eigenvalue weighted by molar-refractivity contribution is 9.10. The molecular weight excluding hydrogens is 334 g/mol. The van der Waals surface area contributed by atoms with Gasteiger partial charge in [-0.1, -0.05) is 28.8 Å². The minimum absolute atomic E-state index is 0.0356. The summed E-state index contributed by atoms with van der Waals surface area (Å²) in [6.07, 6.45) is 3.59. The van der Waals surface area contributed by atoms with Crippen LogP contribution in [0.5, 0.6) is 0 Å². The summed E-state index contributed by atoms with van der Waals surface area (Å²) < 4.78 is 0.869. The molecule has 2 rings (SSSR count). The number of hydrogen-bond acceptors (Lipinski definition) is 2. The molecule has 1 saturated carbocycles. The molecule has 0 aromatic heterocycles. The highest BCUT2D eigenvalue weighted by atomic mass is 79.9. The molecule has 2 atom stereocenters. The van der Waals surface area contributed by atoms with E-state index in [1.54, 1.807) is 6.07 Å². The van der Waals surface area contributed by atoms with E-state index < -0.39 is 5.97 Å². The zero-order valence-corrected chi connectivity index (χ0v) is 13.6. The van der Waals surface area contributed by atoms with Crippen molar-refractivity contribution in [1.29, 1.82) is 0 Å². The lowest BCUT2D eigenvalue weighted by Gasteiger charge is -2.28. The van der Waals surface area contributed by atoms with Crippen molar-refractivity contribution in [3.8, 4) is 0 Å². The van der Waals surface area contributed by atoms with Gasteiger partial charge in [-0.05, 0) is 49.4 Å². The molecule has 5 heteroatoms. The van der Waals surface area contributed by atoms with Gasteiger partial charge < -0.3 is 10.4 Å². The Hall–Kier alpha value is -1.36. The van der Waals surface area contributed by atoms with Crippen molar-refractivity contribution in [2.45, 2.75) is 32.6 Å². The first kappa shape index (κ1) is 16.0. The zero-order valence-electron chi connectivity index (χ0n) is 12.1. The average Bonchev–Trinajstić information content (AvgIpc) is 2.43. The van der Waals surface area contributed by atoms with Crippen molar-refractivity contribution in [3.63, 3.8) is 0 Å². The minimum Gasteiger partial charge on any atom is -0.481 e. The van der Waals surface area contributed by atoms with E-state index in [2.05, 4.69) is 21.2 Å². The Labute approximate surface area is 133 Å². The fourth-order valence-corrected chi connectivity index (χ4v) is 3.58. The highest BCUT2D eigenvalue weighted by Crippen LogP contribution is 2.29. The topological polar surface area (TPSA) is 66.4 Å². The summed E-state index contributed by atoms with van der Waals surface area (Å²) >= 11 is 3.38. The fraction of sp³-hybridized carbons (Fsp3) is 0.500. The molecule has 114 valence electrons. The van der Waals surface area contributed by atoms with Gasteiger partial charge in [0.05, 0.1) is 5.92 Å². The molecule has 1 aromatic rings. The van der Waals surface area contributed by atoms with Gasteiger partial charge in [-0.2, -0.15) is 0 Å². The van der Waals surface area contributed by atoms with E-state index in [-0.39, 0.29) is 17.7 Å². The molecule has 0 radical (unpaired) electrons. The molecule has 0 bridgehead atoms. The summed E-state index contributed by atoms with van der Waals surface area (Å²) in [5, 5.41) is 12.1. The maximum atomic E-state index is 12.2. The van der Waals surface area contributed by atoms with Gasteiger partial charge in [-0.15, -0.1) is 0 Å². The summed E-state index contributed by atoms with van der Waals surface area (Å²) in [4.78, 5) is 23.4. The van der Waals surface area contributed by atoms with Crippen LogP contribution in [0.1, 0.15) is 41.6 Å². The predicted molar refractivity (Wildman–Crippen MR) is 84.3 cm³/mol. The van der Waals surface area contributed by atoms with Crippen LogP contribution in [0.4, 0.5) is 0 Å².